The average molecular weight is 290 g/mol. The van der Waals surface area contributed by atoms with Crippen LogP contribution in [-0.2, 0) is 9.31 Å². The van der Waals surface area contributed by atoms with Gasteiger partial charge in [-0.2, -0.15) is 0 Å². The minimum atomic E-state index is -1.05. The Morgan fingerprint density at radius 1 is 1.10 bits per heavy atom. The van der Waals surface area contributed by atoms with Crippen molar-refractivity contribution in [3.8, 4) is 0 Å². The fraction of sp³-hybridized carbons (Fsp3) is 0.467. The zero-order chi connectivity index (χ0) is 16.0. The highest BCUT2D eigenvalue weighted by Crippen LogP contribution is 2.36. The van der Waals surface area contributed by atoms with Crippen molar-refractivity contribution >= 4 is 24.3 Å². The van der Waals surface area contributed by atoms with Crippen LogP contribution < -0.4 is 5.46 Å². The summed E-state index contributed by atoms with van der Waals surface area (Å²) in [6.07, 6.45) is 0. The molecule has 1 aliphatic heterocycles. The molecule has 0 spiro atoms. The lowest BCUT2D eigenvalue weighted by atomic mass is 9.74. The molecule has 1 saturated heterocycles. The lowest BCUT2D eigenvalue weighted by Gasteiger charge is -2.32. The summed E-state index contributed by atoms with van der Waals surface area (Å²) in [6.45, 7) is 9.05. The summed E-state index contributed by atoms with van der Waals surface area (Å²) in [5, 5.41) is 9.12. The molecule has 1 aliphatic rings. The van der Waals surface area contributed by atoms with Gasteiger partial charge in [0.1, 0.15) is 0 Å². The summed E-state index contributed by atoms with van der Waals surface area (Å²) >= 11 is 0. The number of ketones is 1. The number of carbonyl (C=O) groups excluding carboxylic acids is 1. The van der Waals surface area contributed by atoms with Crippen LogP contribution in [0.4, 0.5) is 0 Å². The third-order valence-corrected chi connectivity index (χ3v) is 4.18. The van der Waals surface area contributed by atoms with Gasteiger partial charge in [-0.25, -0.2) is 4.79 Å². The molecule has 112 valence electrons. The molecule has 1 aromatic rings. The third-order valence-electron chi connectivity index (χ3n) is 4.18. The first kappa shape index (κ1) is 15.7. The van der Waals surface area contributed by atoms with Crippen LogP contribution in [0.5, 0.6) is 0 Å². The Kier molecular flexibility index (Phi) is 3.72. The van der Waals surface area contributed by atoms with Crippen LogP contribution in [0.3, 0.4) is 0 Å². The number of carbonyl (C=O) groups is 2. The number of carboxylic acids is 1. The average Bonchev–Trinajstić information content (AvgIpc) is 2.57. The van der Waals surface area contributed by atoms with Crippen molar-refractivity contribution in [2.75, 3.05) is 0 Å². The van der Waals surface area contributed by atoms with Gasteiger partial charge in [0.25, 0.3) is 0 Å². The van der Waals surface area contributed by atoms with Crippen LogP contribution in [0.25, 0.3) is 0 Å². The molecular weight excluding hydrogens is 271 g/mol. The maximum absolute atomic E-state index is 11.8. The second kappa shape index (κ2) is 4.96. The molecule has 0 aromatic heterocycles. The monoisotopic (exact) mass is 290 g/mol. The van der Waals surface area contributed by atoms with E-state index in [4.69, 9.17) is 14.4 Å². The van der Waals surface area contributed by atoms with Gasteiger partial charge in [0, 0.05) is 5.56 Å². The fourth-order valence-corrected chi connectivity index (χ4v) is 2.18. The lowest BCUT2D eigenvalue weighted by molar-refractivity contribution is 0.00578. The molecule has 21 heavy (non-hydrogen) atoms. The molecule has 1 heterocycles. The first-order chi connectivity index (χ1) is 9.55. The van der Waals surface area contributed by atoms with Gasteiger partial charge < -0.3 is 14.4 Å². The number of Topliss-reactive ketones (excluding diaryl/α,β-unsaturated/α-hetero) is 1. The fourth-order valence-electron chi connectivity index (χ4n) is 2.18. The Morgan fingerprint density at radius 2 is 1.62 bits per heavy atom. The maximum atomic E-state index is 11.8. The minimum absolute atomic E-state index is 0.102. The van der Waals surface area contributed by atoms with Crippen molar-refractivity contribution < 1.29 is 24.0 Å². The molecule has 0 bridgehead atoms. The Labute approximate surface area is 124 Å². The molecule has 0 saturated carbocycles. The summed E-state index contributed by atoms with van der Waals surface area (Å²) in [6, 6.07) is 4.36. The molecule has 0 aliphatic carbocycles. The van der Waals surface area contributed by atoms with Crippen molar-refractivity contribution in [2.45, 2.75) is 45.8 Å². The third kappa shape index (κ3) is 2.73. The maximum Gasteiger partial charge on any atom is 0.495 e. The summed E-state index contributed by atoms with van der Waals surface area (Å²) in [7, 11) is -0.756. The number of rotatable bonds is 3. The molecule has 5 nitrogen and oxygen atoms in total. The number of hydrogen-bond acceptors (Lipinski definition) is 4. The van der Waals surface area contributed by atoms with Gasteiger partial charge in [0.05, 0.1) is 16.8 Å². The van der Waals surface area contributed by atoms with E-state index in [2.05, 4.69) is 0 Å². The predicted octanol–water partition coefficient (Wildman–Crippen LogP) is 1.89. The van der Waals surface area contributed by atoms with Crippen molar-refractivity contribution in [1.82, 2.24) is 0 Å². The van der Waals surface area contributed by atoms with Crippen LogP contribution in [0, 0.1) is 0 Å². The zero-order valence-corrected chi connectivity index (χ0v) is 12.9. The van der Waals surface area contributed by atoms with E-state index < -0.39 is 24.3 Å². The largest absolute Gasteiger partial charge is 0.495 e. The molecular formula is C15H19BO5. The summed E-state index contributed by atoms with van der Waals surface area (Å²) in [4.78, 5) is 22.9. The topological polar surface area (TPSA) is 72.8 Å². The quantitative estimate of drug-likeness (QED) is 0.679. The second-order valence-corrected chi connectivity index (χ2v) is 6.25. The van der Waals surface area contributed by atoms with E-state index in [1.807, 2.05) is 27.7 Å². The Bertz CT molecular complexity index is 590. The van der Waals surface area contributed by atoms with Crippen LogP contribution in [-0.4, -0.2) is 35.2 Å². The van der Waals surface area contributed by atoms with Gasteiger partial charge in [0.2, 0.25) is 0 Å². The molecule has 0 radical (unpaired) electrons. The predicted molar refractivity (Wildman–Crippen MR) is 79.1 cm³/mol. The Morgan fingerprint density at radius 3 is 2.05 bits per heavy atom. The molecule has 0 amide bonds. The van der Waals surface area contributed by atoms with Gasteiger partial charge in [-0.3, -0.25) is 4.79 Å². The molecule has 0 unspecified atom stereocenters. The SMILES string of the molecule is CC(=O)c1ccc(C(=O)O)cc1B1OC(C)(C)C(C)(C)O1. The Balaban J connectivity index is 2.50. The van der Waals surface area contributed by atoms with E-state index in [0.29, 0.717) is 11.0 Å². The van der Waals surface area contributed by atoms with E-state index >= 15 is 0 Å². The van der Waals surface area contributed by atoms with Gasteiger partial charge in [0.15, 0.2) is 5.78 Å². The zero-order valence-electron chi connectivity index (χ0n) is 12.9. The van der Waals surface area contributed by atoms with E-state index in [-0.39, 0.29) is 11.3 Å². The highest BCUT2D eigenvalue weighted by molar-refractivity contribution is 6.63. The summed E-state index contributed by atoms with van der Waals surface area (Å²) < 4.78 is 11.8. The summed E-state index contributed by atoms with van der Waals surface area (Å²) in [5.41, 5.74) is -0.125. The number of benzene rings is 1. The van der Waals surface area contributed by atoms with E-state index in [0.717, 1.165) is 0 Å². The molecule has 2 rings (SSSR count). The van der Waals surface area contributed by atoms with Crippen molar-refractivity contribution in [3.63, 3.8) is 0 Å². The molecule has 1 N–H and O–H groups in total. The van der Waals surface area contributed by atoms with Crippen LogP contribution in [0.15, 0.2) is 18.2 Å². The normalized spacial score (nSPS) is 19.6. The standard InChI is InChI=1S/C15H19BO5/c1-9(17)11-7-6-10(13(18)19)8-12(11)16-20-14(2,3)15(4,5)21-16/h6-8H,1-5H3,(H,18,19). The second-order valence-electron chi connectivity index (χ2n) is 6.25. The molecule has 1 fully saturated rings. The lowest BCUT2D eigenvalue weighted by Crippen LogP contribution is -2.41. The number of carboxylic acid groups (broad SMARTS) is 1. The highest BCUT2D eigenvalue weighted by Gasteiger charge is 2.52. The van der Waals surface area contributed by atoms with Gasteiger partial charge in [-0.15, -0.1) is 0 Å². The Hall–Kier alpha value is -1.66. The van der Waals surface area contributed by atoms with E-state index in [1.54, 1.807) is 0 Å². The molecule has 0 atom stereocenters. The van der Waals surface area contributed by atoms with E-state index in [1.165, 1.54) is 25.1 Å². The number of hydrogen-bond donors (Lipinski definition) is 1. The van der Waals surface area contributed by atoms with Crippen molar-refractivity contribution in [3.05, 3.63) is 29.3 Å². The van der Waals surface area contributed by atoms with Crippen LogP contribution >= 0.6 is 0 Å². The first-order valence-electron chi connectivity index (χ1n) is 6.79. The van der Waals surface area contributed by atoms with Crippen LogP contribution in [0.1, 0.15) is 55.3 Å². The molecule has 6 heteroatoms. The van der Waals surface area contributed by atoms with E-state index in [9.17, 15) is 9.59 Å². The van der Waals surface area contributed by atoms with Crippen molar-refractivity contribution in [2.24, 2.45) is 0 Å². The molecule has 1 aromatic carbocycles. The highest BCUT2D eigenvalue weighted by atomic mass is 16.7. The van der Waals surface area contributed by atoms with Gasteiger partial charge >= 0.3 is 13.1 Å². The number of aromatic carboxylic acids is 1. The smallest absolute Gasteiger partial charge is 0.478 e. The van der Waals surface area contributed by atoms with Gasteiger partial charge in [-0.1, -0.05) is 6.07 Å². The van der Waals surface area contributed by atoms with Gasteiger partial charge in [-0.05, 0) is 52.2 Å². The van der Waals surface area contributed by atoms with Crippen LogP contribution in [0.2, 0.25) is 0 Å². The summed E-state index contributed by atoms with van der Waals surface area (Å²) in [5.74, 6) is -1.21. The van der Waals surface area contributed by atoms with Crippen molar-refractivity contribution in [1.29, 1.82) is 0 Å². The minimum Gasteiger partial charge on any atom is -0.478 e. The first-order valence-corrected chi connectivity index (χ1v) is 6.79.